The maximum Gasteiger partial charge on any atom is 0.141 e. The van der Waals surface area contributed by atoms with Gasteiger partial charge in [0.1, 0.15) is 5.82 Å². The van der Waals surface area contributed by atoms with Crippen molar-refractivity contribution in [1.82, 2.24) is 10.4 Å². The highest BCUT2D eigenvalue weighted by Gasteiger charge is 2.33. The normalized spacial score (nSPS) is 25.4. The molecular formula is C16H26FN3. The van der Waals surface area contributed by atoms with Gasteiger partial charge in [0, 0.05) is 6.20 Å². The molecule has 0 aromatic carbocycles. The lowest BCUT2D eigenvalue weighted by Crippen LogP contribution is -2.37. The summed E-state index contributed by atoms with van der Waals surface area (Å²) in [5.74, 6) is 6.63. The van der Waals surface area contributed by atoms with Crippen molar-refractivity contribution in [2.75, 3.05) is 0 Å². The zero-order chi connectivity index (χ0) is 14.8. The number of nitrogens with zero attached hydrogens (tertiary/aromatic N) is 1. The lowest BCUT2D eigenvalue weighted by Gasteiger charge is -2.39. The first kappa shape index (κ1) is 15.4. The van der Waals surface area contributed by atoms with Gasteiger partial charge in [-0.05, 0) is 54.6 Å². The molecule has 1 aromatic rings. The summed E-state index contributed by atoms with van der Waals surface area (Å²) in [6.07, 6.45) is 7.64. The van der Waals surface area contributed by atoms with Crippen molar-refractivity contribution >= 4 is 0 Å². The molecule has 4 heteroatoms. The number of pyridine rings is 1. The Kier molecular flexibility index (Phi) is 4.76. The van der Waals surface area contributed by atoms with E-state index in [1.807, 2.05) is 0 Å². The second kappa shape index (κ2) is 6.19. The fourth-order valence-corrected chi connectivity index (χ4v) is 3.42. The molecule has 1 aliphatic carbocycles. The van der Waals surface area contributed by atoms with Gasteiger partial charge in [0.2, 0.25) is 0 Å². The van der Waals surface area contributed by atoms with E-state index in [4.69, 9.17) is 5.84 Å². The van der Waals surface area contributed by atoms with Crippen LogP contribution in [0.1, 0.15) is 58.1 Å². The second-order valence-corrected chi connectivity index (χ2v) is 7.06. The Morgan fingerprint density at radius 2 is 1.90 bits per heavy atom. The highest BCUT2D eigenvalue weighted by atomic mass is 19.1. The molecule has 1 unspecified atom stereocenters. The van der Waals surface area contributed by atoms with Crippen molar-refractivity contribution in [3.63, 3.8) is 0 Å². The molecule has 0 amide bonds. The monoisotopic (exact) mass is 279 g/mol. The molecule has 1 heterocycles. The molecule has 1 aliphatic rings. The van der Waals surface area contributed by atoms with Crippen molar-refractivity contribution in [3.05, 3.63) is 29.8 Å². The van der Waals surface area contributed by atoms with Crippen molar-refractivity contribution in [2.45, 2.75) is 52.5 Å². The third kappa shape index (κ3) is 3.55. The van der Waals surface area contributed by atoms with Crippen LogP contribution in [0.25, 0.3) is 0 Å². The van der Waals surface area contributed by atoms with Gasteiger partial charge in [-0.2, -0.15) is 0 Å². The number of aromatic nitrogens is 1. The van der Waals surface area contributed by atoms with E-state index in [9.17, 15) is 4.39 Å². The summed E-state index contributed by atoms with van der Waals surface area (Å²) >= 11 is 0. The molecule has 1 aromatic heterocycles. The van der Waals surface area contributed by atoms with Gasteiger partial charge in [0.05, 0.1) is 12.2 Å². The van der Waals surface area contributed by atoms with Crippen LogP contribution in [-0.4, -0.2) is 4.98 Å². The first-order valence-corrected chi connectivity index (χ1v) is 7.48. The number of nitrogens with one attached hydrogen (secondary N) is 1. The highest BCUT2D eigenvalue weighted by molar-refractivity contribution is 5.16. The van der Waals surface area contributed by atoms with Crippen LogP contribution in [0, 0.1) is 23.1 Å². The highest BCUT2D eigenvalue weighted by Crippen LogP contribution is 2.43. The molecule has 3 N–H and O–H groups in total. The Labute approximate surface area is 121 Å². The molecule has 0 bridgehead atoms. The van der Waals surface area contributed by atoms with Crippen LogP contribution < -0.4 is 11.3 Å². The number of hydrogen-bond acceptors (Lipinski definition) is 3. The Hall–Kier alpha value is -1.00. The Bertz CT molecular complexity index is 434. The van der Waals surface area contributed by atoms with Gasteiger partial charge in [-0.1, -0.05) is 20.8 Å². The summed E-state index contributed by atoms with van der Waals surface area (Å²) in [5.41, 5.74) is 4.09. The van der Waals surface area contributed by atoms with E-state index in [0.717, 1.165) is 24.3 Å². The van der Waals surface area contributed by atoms with E-state index >= 15 is 0 Å². The van der Waals surface area contributed by atoms with Crippen LogP contribution in [0.2, 0.25) is 0 Å². The third-order valence-electron chi connectivity index (χ3n) is 4.73. The average Bonchev–Trinajstić information content (AvgIpc) is 2.39. The van der Waals surface area contributed by atoms with Gasteiger partial charge >= 0.3 is 0 Å². The minimum absolute atomic E-state index is 0.000816. The van der Waals surface area contributed by atoms with E-state index in [1.165, 1.54) is 25.1 Å². The molecule has 20 heavy (non-hydrogen) atoms. The molecule has 1 atom stereocenters. The van der Waals surface area contributed by atoms with E-state index < -0.39 is 0 Å². The minimum atomic E-state index is -0.300. The van der Waals surface area contributed by atoms with E-state index in [1.54, 1.807) is 6.20 Å². The Morgan fingerprint density at radius 3 is 2.40 bits per heavy atom. The lowest BCUT2D eigenvalue weighted by molar-refractivity contribution is 0.132. The zero-order valence-electron chi connectivity index (χ0n) is 12.7. The van der Waals surface area contributed by atoms with Crippen molar-refractivity contribution in [2.24, 2.45) is 23.1 Å². The maximum atomic E-state index is 13.3. The standard InChI is InChI=1S/C16H26FN3/c1-16(2,3)13-6-4-11(5-7-13)15(20-18)12-8-14(17)10-19-9-12/h8-11,13,15,20H,4-7,18H2,1-3H3. The third-order valence-corrected chi connectivity index (χ3v) is 4.73. The lowest BCUT2D eigenvalue weighted by atomic mass is 9.68. The summed E-state index contributed by atoms with van der Waals surface area (Å²) in [4.78, 5) is 3.93. The molecule has 3 nitrogen and oxygen atoms in total. The predicted octanol–water partition coefficient (Wildman–Crippen LogP) is 3.58. The van der Waals surface area contributed by atoms with Crippen molar-refractivity contribution < 1.29 is 4.39 Å². The first-order chi connectivity index (χ1) is 9.41. The molecule has 0 aliphatic heterocycles. The van der Waals surface area contributed by atoms with Crippen LogP contribution in [0.4, 0.5) is 4.39 Å². The Balaban J connectivity index is 2.04. The molecule has 1 fully saturated rings. The van der Waals surface area contributed by atoms with Gasteiger partial charge in [-0.25, -0.2) is 4.39 Å². The van der Waals surface area contributed by atoms with Gasteiger partial charge in [-0.3, -0.25) is 16.3 Å². The average molecular weight is 279 g/mol. The van der Waals surface area contributed by atoms with Crippen LogP contribution in [-0.2, 0) is 0 Å². The summed E-state index contributed by atoms with van der Waals surface area (Å²) in [7, 11) is 0. The molecule has 112 valence electrons. The van der Waals surface area contributed by atoms with Crippen LogP contribution in [0.3, 0.4) is 0 Å². The van der Waals surface area contributed by atoms with Crippen LogP contribution >= 0.6 is 0 Å². The number of hydrogen-bond donors (Lipinski definition) is 2. The predicted molar refractivity (Wildman–Crippen MR) is 79.2 cm³/mol. The van der Waals surface area contributed by atoms with Crippen LogP contribution in [0.5, 0.6) is 0 Å². The SMILES string of the molecule is CC(C)(C)C1CCC(C(NN)c2cncc(F)c2)CC1. The van der Waals surface area contributed by atoms with E-state index in [-0.39, 0.29) is 11.9 Å². The molecule has 0 radical (unpaired) electrons. The van der Waals surface area contributed by atoms with Gasteiger partial charge < -0.3 is 0 Å². The van der Waals surface area contributed by atoms with Crippen molar-refractivity contribution in [1.29, 1.82) is 0 Å². The maximum absolute atomic E-state index is 13.3. The number of nitrogens with two attached hydrogens (primary N) is 1. The van der Waals surface area contributed by atoms with Crippen LogP contribution in [0.15, 0.2) is 18.5 Å². The molecule has 0 spiro atoms. The number of halogens is 1. The summed E-state index contributed by atoms with van der Waals surface area (Å²) in [6, 6.07) is 1.53. The molecule has 2 rings (SSSR count). The summed E-state index contributed by atoms with van der Waals surface area (Å²) in [6.45, 7) is 6.94. The smallest absolute Gasteiger partial charge is 0.141 e. The number of rotatable bonds is 3. The minimum Gasteiger partial charge on any atom is -0.271 e. The van der Waals surface area contributed by atoms with Gasteiger partial charge in [-0.15, -0.1) is 0 Å². The number of hydrazine groups is 1. The van der Waals surface area contributed by atoms with Gasteiger partial charge in [0.25, 0.3) is 0 Å². The van der Waals surface area contributed by atoms with Gasteiger partial charge in [0.15, 0.2) is 0 Å². The fraction of sp³-hybridized carbons (Fsp3) is 0.688. The first-order valence-electron chi connectivity index (χ1n) is 7.48. The molecule has 0 saturated heterocycles. The summed E-state index contributed by atoms with van der Waals surface area (Å²) in [5, 5.41) is 0. The molecule has 1 saturated carbocycles. The largest absolute Gasteiger partial charge is 0.271 e. The topological polar surface area (TPSA) is 50.9 Å². The zero-order valence-corrected chi connectivity index (χ0v) is 12.7. The van der Waals surface area contributed by atoms with Crippen molar-refractivity contribution in [3.8, 4) is 0 Å². The Morgan fingerprint density at radius 1 is 1.25 bits per heavy atom. The van der Waals surface area contributed by atoms with E-state index in [2.05, 4.69) is 31.2 Å². The second-order valence-electron chi connectivity index (χ2n) is 7.06. The van der Waals surface area contributed by atoms with E-state index in [0.29, 0.717) is 11.3 Å². The quantitative estimate of drug-likeness (QED) is 0.657. The molecular weight excluding hydrogens is 253 g/mol. The fourth-order valence-electron chi connectivity index (χ4n) is 3.42. The summed E-state index contributed by atoms with van der Waals surface area (Å²) < 4.78 is 13.3.